The van der Waals surface area contributed by atoms with Crippen LogP contribution in [-0.2, 0) is 17.8 Å². The van der Waals surface area contributed by atoms with E-state index in [1.54, 1.807) is 0 Å². The summed E-state index contributed by atoms with van der Waals surface area (Å²) >= 11 is 12.8. The number of likely N-dealkylation sites (tertiary alicyclic amines) is 1. The summed E-state index contributed by atoms with van der Waals surface area (Å²) < 4.78 is 6.07. The molecule has 0 amide bonds. The average Bonchev–Trinajstić information content (AvgIpc) is 2.84. The van der Waals surface area contributed by atoms with E-state index in [0.717, 1.165) is 71.9 Å². The second-order valence-electron chi connectivity index (χ2n) is 9.93. The molecule has 1 fully saturated rings. The fraction of sp³-hybridized carbons (Fsp3) is 0.429. The molecule has 0 radical (unpaired) electrons. The van der Waals surface area contributed by atoms with Crippen molar-refractivity contribution in [1.29, 1.82) is 5.41 Å². The summed E-state index contributed by atoms with van der Waals surface area (Å²) in [5.74, 6) is -0.224. The molecule has 8 heteroatoms. The van der Waals surface area contributed by atoms with Gasteiger partial charge < -0.3 is 15.2 Å². The lowest BCUT2D eigenvalue weighted by molar-refractivity contribution is -0.143. The van der Waals surface area contributed by atoms with Gasteiger partial charge in [-0.25, -0.2) is 0 Å². The summed E-state index contributed by atoms with van der Waals surface area (Å²) in [5.41, 5.74) is 5.79. The minimum atomic E-state index is -0.707. The summed E-state index contributed by atoms with van der Waals surface area (Å²) in [4.78, 5) is 13.6. The Bertz CT molecular complexity index is 1180. The third kappa shape index (κ3) is 6.41. The molecule has 2 aromatic rings. The van der Waals surface area contributed by atoms with Crippen LogP contribution in [0.4, 0.5) is 5.69 Å². The number of rotatable bonds is 9. The highest BCUT2D eigenvalue weighted by Gasteiger charge is 2.27. The maximum atomic E-state index is 11.4. The van der Waals surface area contributed by atoms with E-state index in [2.05, 4.69) is 16.3 Å². The van der Waals surface area contributed by atoms with Crippen LogP contribution in [0.2, 0.25) is 0 Å². The Morgan fingerprint density at radius 2 is 2.06 bits per heavy atom. The quantitative estimate of drug-likeness (QED) is 0.330. The number of halogens is 2. The van der Waals surface area contributed by atoms with Crippen LogP contribution in [0.25, 0.3) is 5.03 Å². The van der Waals surface area contributed by atoms with Crippen molar-refractivity contribution in [2.45, 2.75) is 52.2 Å². The molecular weight excluding hydrogens is 497 g/mol. The molecule has 4 rings (SSSR count). The number of nitrogens with one attached hydrogen (secondary N) is 2. The maximum Gasteiger partial charge on any atom is 0.307 e. The fourth-order valence-corrected chi connectivity index (χ4v) is 5.45. The van der Waals surface area contributed by atoms with Crippen LogP contribution in [-0.4, -0.2) is 46.8 Å². The van der Waals surface area contributed by atoms with Crippen molar-refractivity contribution in [3.8, 4) is 5.75 Å². The summed E-state index contributed by atoms with van der Waals surface area (Å²) in [6.45, 7) is 6.67. The normalized spacial score (nSPS) is 18.2. The van der Waals surface area contributed by atoms with Crippen molar-refractivity contribution in [1.82, 2.24) is 4.90 Å². The molecular formula is C28H33Cl2N3O3. The van der Waals surface area contributed by atoms with Crippen molar-refractivity contribution in [3.05, 3.63) is 64.2 Å². The van der Waals surface area contributed by atoms with Gasteiger partial charge in [0.1, 0.15) is 17.5 Å². The molecule has 1 atom stereocenters. The third-order valence-corrected chi connectivity index (χ3v) is 7.43. The minimum absolute atomic E-state index is 0.00551. The van der Waals surface area contributed by atoms with E-state index in [9.17, 15) is 9.90 Å². The zero-order chi connectivity index (χ0) is 25.8. The largest absolute Gasteiger partial charge is 0.489 e. The minimum Gasteiger partial charge on any atom is -0.489 e. The molecule has 0 spiro atoms. The highest BCUT2D eigenvalue weighted by molar-refractivity contribution is 6.69. The van der Waals surface area contributed by atoms with Crippen LogP contribution in [0.3, 0.4) is 0 Å². The Balaban J connectivity index is 1.43. The lowest BCUT2D eigenvalue weighted by atomic mass is 9.90. The van der Waals surface area contributed by atoms with Crippen LogP contribution in [0.1, 0.15) is 55.4 Å². The third-order valence-electron chi connectivity index (χ3n) is 6.76. The molecule has 2 aliphatic rings. The number of hydrogen-bond donors (Lipinski definition) is 3. The Kier molecular flexibility index (Phi) is 8.60. The van der Waals surface area contributed by atoms with Crippen molar-refractivity contribution in [2.24, 2.45) is 5.92 Å². The second kappa shape index (κ2) is 11.7. The smallest absolute Gasteiger partial charge is 0.307 e. The molecule has 0 aromatic heterocycles. The highest BCUT2D eigenvalue weighted by Crippen LogP contribution is 2.37. The Morgan fingerprint density at radius 3 is 2.78 bits per heavy atom. The fourth-order valence-electron chi connectivity index (χ4n) is 4.95. The number of fused-ring (bicyclic) bond motifs is 1. The monoisotopic (exact) mass is 529 g/mol. The van der Waals surface area contributed by atoms with Crippen LogP contribution in [0.5, 0.6) is 5.75 Å². The molecule has 6 nitrogen and oxygen atoms in total. The summed E-state index contributed by atoms with van der Waals surface area (Å²) in [5, 5.41) is 21.4. The Labute approximate surface area is 222 Å². The first-order valence-electron chi connectivity index (χ1n) is 12.4. The first-order chi connectivity index (χ1) is 17.2. The first kappa shape index (κ1) is 26.5. The van der Waals surface area contributed by atoms with Gasteiger partial charge in [-0.15, -0.1) is 0 Å². The molecule has 0 bridgehead atoms. The molecule has 192 valence electrons. The van der Waals surface area contributed by atoms with Gasteiger partial charge in [-0.05, 0) is 98.7 Å². The predicted octanol–water partition coefficient (Wildman–Crippen LogP) is 6.34. The SMILES string of the molecule is CC(C)Nc1ccc(COc2ccc3c(c2)CCC(CN2CCCC(C(=O)O)C2)=C3Cl)cc1C(=N)Cl. The molecule has 1 aliphatic heterocycles. The number of nitrogens with zero attached hydrogens (tertiary/aromatic N) is 1. The number of aryl methyl sites for hydroxylation is 1. The lowest BCUT2D eigenvalue weighted by Crippen LogP contribution is -2.39. The van der Waals surface area contributed by atoms with E-state index in [0.29, 0.717) is 18.7 Å². The number of benzene rings is 2. The standard InChI is InChI=1S/C28H33Cl2N3O3/c1-17(2)32-25-10-5-18(12-24(25)27(30)31)16-36-22-8-9-23-19(13-22)6-7-20(26(23)29)14-33-11-3-4-21(15-33)28(34)35/h5,8-10,12-13,17,21,31-32H,3-4,6-7,11,14-16H2,1-2H3,(H,34,35). The van der Waals surface area contributed by atoms with Crippen molar-refractivity contribution in [3.63, 3.8) is 0 Å². The lowest BCUT2D eigenvalue weighted by Gasteiger charge is -2.32. The summed E-state index contributed by atoms with van der Waals surface area (Å²) in [7, 11) is 0. The number of aliphatic carboxylic acids is 1. The van der Waals surface area contributed by atoms with Gasteiger partial charge in [0.05, 0.1) is 5.92 Å². The number of ether oxygens (including phenoxy) is 1. The number of hydrogen-bond acceptors (Lipinski definition) is 5. The van der Waals surface area contributed by atoms with E-state index >= 15 is 0 Å². The van der Waals surface area contributed by atoms with E-state index in [1.807, 2.05) is 44.2 Å². The Hall–Kier alpha value is -2.54. The zero-order valence-corrected chi connectivity index (χ0v) is 22.3. The van der Waals surface area contributed by atoms with Gasteiger partial charge >= 0.3 is 5.97 Å². The summed E-state index contributed by atoms with van der Waals surface area (Å²) in [6, 6.07) is 12.0. The van der Waals surface area contributed by atoms with Gasteiger partial charge in [0.25, 0.3) is 0 Å². The number of carboxylic acid groups (broad SMARTS) is 1. The van der Waals surface area contributed by atoms with E-state index in [1.165, 1.54) is 5.57 Å². The molecule has 3 N–H and O–H groups in total. The van der Waals surface area contributed by atoms with Crippen molar-refractivity contribution in [2.75, 3.05) is 25.0 Å². The molecule has 1 saturated heterocycles. The highest BCUT2D eigenvalue weighted by atomic mass is 35.5. The van der Waals surface area contributed by atoms with E-state index < -0.39 is 5.97 Å². The van der Waals surface area contributed by atoms with Gasteiger partial charge in [0.15, 0.2) is 0 Å². The predicted molar refractivity (Wildman–Crippen MR) is 147 cm³/mol. The molecule has 1 heterocycles. The van der Waals surface area contributed by atoms with Gasteiger partial charge in [0, 0.05) is 35.4 Å². The Morgan fingerprint density at radius 1 is 1.25 bits per heavy atom. The molecule has 1 unspecified atom stereocenters. The van der Waals surface area contributed by atoms with Crippen molar-refractivity contribution < 1.29 is 14.6 Å². The van der Waals surface area contributed by atoms with Gasteiger partial charge in [-0.1, -0.05) is 29.3 Å². The molecule has 36 heavy (non-hydrogen) atoms. The van der Waals surface area contributed by atoms with Crippen molar-refractivity contribution >= 4 is 45.1 Å². The number of carboxylic acids is 1. The molecule has 0 saturated carbocycles. The second-order valence-corrected chi connectivity index (χ2v) is 10.7. The maximum absolute atomic E-state index is 11.4. The summed E-state index contributed by atoms with van der Waals surface area (Å²) in [6.07, 6.45) is 3.38. The van der Waals surface area contributed by atoms with Gasteiger partial charge in [0.2, 0.25) is 0 Å². The van der Waals surface area contributed by atoms with Gasteiger partial charge in [-0.2, -0.15) is 0 Å². The topological polar surface area (TPSA) is 85.7 Å². The van der Waals surface area contributed by atoms with Crippen LogP contribution in [0.15, 0.2) is 42.0 Å². The number of carbonyl (C=O) groups is 1. The number of piperidine rings is 1. The van der Waals surface area contributed by atoms with Crippen LogP contribution in [0, 0.1) is 11.3 Å². The van der Waals surface area contributed by atoms with Crippen LogP contribution < -0.4 is 10.1 Å². The van der Waals surface area contributed by atoms with Crippen LogP contribution >= 0.6 is 23.2 Å². The first-order valence-corrected chi connectivity index (χ1v) is 13.2. The number of anilines is 1. The van der Waals surface area contributed by atoms with Gasteiger partial charge in [-0.3, -0.25) is 15.1 Å². The van der Waals surface area contributed by atoms with E-state index in [-0.39, 0.29) is 17.1 Å². The van der Waals surface area contributed by atoms with E-state index in [4.69, 9.17) is 33.3 Å². The zero-order valence-electron chi connectivity index (χ0n) is 20.7. The molecule has 2 aromatic carbocycles. The average molecular weight is 530 g/mol. The molecule has 1 aliphatic carbocycles.